The maximum Gasteiger partial charge on any atom is 0.320 e. The minimum absolute atomic E-state index is 0.142. The van der Waals surface area contributed by atoms with Crippen LogP contribution in [0.4, 0.5) is 0 Å². The Bertz CT molecular complexity index is 200. The van der Waals surface area contributed by atoms with E-state index in [2.05, 4.69) is 0 Å². The van der Waals surface area contributed by atoms with Gasteiger partial charge in [0.25, 0.3) is 0 Å². The van der Waals surface area contributed by atoms with Gasteiger partial charge in [0.2, 0.25) is 0 Å². The van der Waals surface area contributed by atoms with Crippen LogP contribution >= 0.6 is 0 Å². The van der Waals surface area contributed by atoms with Crippen LogP contribution in [0.2, 0.25) is 0 Å². The Morgan fingerprint density at radius 2 is 2.33 bits per heavy atom. The van der Waals surface area contributed by atoms with Crippen LogP contribution < -0.4 is 5.73 Å². The Morgan fingerprint density at radius 3 is 2.83 bits per heavy atom. The zero-order valence-electron chi connectivity index (χ0n) is 6.82. The summed E-state index contributed by atoms with van der Waals surface area (Å²) in [6.07, 6.45) is 2.47. The SMILES string of the molecule is NC(C(=O)O)C1CCCC(=O)C1. The molecule has 0 heterocycles. The van der Waals surface area contributed by atoms with Crippen LogP contribution in [0.5, 0.6) is 0 Å². The second-order valence-corrected chi connectivity index (χ2v) is 3.26. The molecule has 0 spiro atoms. The zero-order chi connectivity index (χ0) is 9.14. The second kappa shape index (κ2) is 3.67. The smallest absolute Gasteiger partial charge is 0.320 e. The van der Waals surface area contributed by atoms with Crippen molar-refractivity contribution in [3.63, 3.8) is 0 Å². The molecule has 1 fully saturated rings. The van der Waals surface area contributed by atoms with Gasteiger partial charge in [0.05, 0.1) is 0 Å². The van der Waals surface area contributed by atoms with E-state index < -0.39 is 12.0 Å². The molecule has 3 N–H and O–H groups in total. The number of carbonyl (C=O) groups excluding carboxylic acids is 1. The van der Waals surface area contributed by atoms with Crippen molar-refractivity contribution in [1.82, 2.24) is 0 Å². The van der Waals surface area contributed by atoms with E-state index in [0.29, 0.717) is 12.8 Å². The van der Waals surface area contributed by atoms with Crippen LogP contribution in [0.25, 0.3) is 0 Å². The number of carboxylic acid groups (broad SMARTS) is 1. The van der Waals surface area contributed by atoms with Crippen LogP contribution in [0.15, 0.2) is 0 Å². The number of hydrogen-bond donors (Lipinski definition) is 2. The molecule has 1 saturated carbocycles. The van der Waals surface area contributed by atoms with E-state index in [1.54, 1.807) is 0 Å². The van der Waals surface area contributed by atoms with Gasteiger partial charge in [-0.3, -0.25) is 9.59 Å². The van der Waals surface area contributed by atoms with Gasteiger partial charge in [0, 0.05) is 12.8 Å². The maximum absolute atomic E-state index is 11.0. The number of nitrogens with two attached hydrogens (primary N) is 1. The third kappa shape index (κ3) is 2.04. The van der Waals surface area contributed by atoms with Gasteiger partial charge >= 0.3 is 5.97 Å². The summed E-state index contributed by atoms with van der Waals surface area (Å²) < 4.78 is 0. The monoisotopic (exact) mass is 171 g/mol. The van der Waals surface area contributed by atoms with Gasteiger partial charge < -0.3 is 10.8 Å². The maximum atomic E-state index is 11.0. The lowest BCUT2D eigenvalue weighted by atomic mass is 9.83. The minimum Gasteiger partial charge on any atom is -0.480 e. The van der Waals surface area contributed by atoms with Gasteiger partial charge in [-0.25, -0.2) is 0 Å². The fourth-order valence-electron chi connectivity index (χ4n) is 1.57. The van der Waals surface area contributed by atoms with Gasteiger partial charge in [0.1, 0.15) is 11.8 Å². The molecular formula is C8H13NO3. The van der Waals surface area contributed by atoms with Crippen molar-refractivity contribution in [2.45, 2.75) is 31.7 Å². The highest BCUT2D eigenvalue weighted by Gasteiger charge is 2.28. The molecule has 0 amide bonds. The third-order valence-electron chi connectivity index (χ3n) is 2.31. The first-order chi connectivity index (χ1) is 5.61. The van der Waals surface area contributed by atoms with E-state index in [4.69, 9.17) is 10.8 Å². The molecule has 1 aliphatic carbocycles. The molecule has 0 aromatic carbocycles. The van der Waals surface area contributed by atoms with Crippen LogP contribution in [0.1, 0.15) is 25.7 Å². The van der Waals surface area contributed by atoms with E-state index in [9.17, 15) is 9.59 Å². The first-order valence-corrected chi connectivity index (χ1v) is 4.11. The van der Waals surface area contributed by atoms with Gasteiger partial charge in [-0.1, -0.05) is 0 Å². The molecule has 2 unspecified atom stereocenters. The van der Waals surface area contributed by atoms with E-state index in [0.717, 1.165) is 12.8 Å². The molecule has 0 aromatic rings. The third-order valence-corrected chi connectivity index (χ3v) is 2.31. The number of aliphatic carboxylic acids is 1. The lowest BCUT2D eigenvalue weighted by Gasteiger charge is -2.23. The Balaban J connectivity index is 2.51. The summed E-state index contributed by atoms with van der Waals surface area (Å²) in [5, 5.41) is 8.58. The first kappa shape index (κ1) is 9.19. The van der Waals surface area contributed by atoms with Gasteiger partial charge in [-0.2, -0.15) is 0 Å². The normalized spacial score (nSPS) is 26.8. The second-order valence-electron chi connectivity index (χ2n) is 3.26. The number of carboxylic acids is 1. The molecule has 12 heavy (non-hydrogen) atoms. The number of hydrogen-bond acceptors (Lipinski definition) is 3. The average Bonchev–Trinajstić information content (AvgIpc) is 2.03. The van der Waals surface area contributed by atoms with Crippen LogP contribution in [0.3, 0.4) is 0 Å². The molecular weight excluding hydrogens is 158 g/mol. The molecule has 2 atom stereocenters. The topological polar surface area (TPSA) is 80.4 Å². The van der Waals surface area contributed by atoms with Crippen molar-refractivity contribution in [2.75, 3.05) is 0 Å². The molecule has 4 nitrogen and oxygen atoms in total. The Morgan fingerprint density at radius 1 is 1.67 bits per heavy atom. The molecule has 1 aliphatic rings. The first-order valence-electron chi connectivity index (χ1n) is 4.11. The predicted octanol–water partition coefficient (Wildman–Crippen LogP) is 0.158. The quantitative estimate of drug-likeness (QED) is 0.620. The van der Waals surface area contributed by atoms with E-state index in [1.165, 1.54) is 0 Å². The highest BCUT2D eigenvalue weighted by molar-refractivity contribution is 5.81. The molecule has 0 saturated heterocycles. The van der Waals surface area contributed by atoms with Crippen molar-refractivity contribution < 1.29 is 14.7 Å². The van der Waals surface area contributed by atoms with E-state index in [1.807, 2.05) is 0 Å². The van der Waals surface area contributed by atoms with E-state index in [-0.39, 0.29) is 11.7 Å². The van der Waals surface area contributed by atoms with Crippen LogP contribution in [-0.4, -0.2) is 22.9 Å². The van der Waals surface area contributed by atoms with Gasteiger partial charge in [0.15, 0.2) is 0 Å². The molecule has 0 bridgehead atoms. The minimum atomic E-state index is -1.00. The fraction of sp³-hybridized carbons (Fsp3) is 0.750. The van der Waals surface area contributed by atoms with Gasteiger partial charge in [-0.15, -0.1) is 0 Å². The average molecular weight is 171 g/mol. The summed E-state index contributed by atoms with van der Waals surface area (Å²) in [5.74, 6) is -1.01. The summed E-state index contributed by atoms with van der Waals surface area (Å²) in [7, 11) is 0. The Hall–Kier alpha value is -0.900. The fourth-order valence-corrected chi connectivity index (χ4v) is 1.57. The van der Waals surface area contributed by atoms with Crippen molar-refractivity contribution in [3.8, 4) is 0 Å². The summed E-state index contributed by atoms with van der Waals surface area (Å²) in [5.41, 5.74) is 5.40. The van der Waals surface area contributed by atoms with Crippen molar-refractivity contribution in [1.29, 1.82) is 0 Å². The zero-order valence-corrected chi connectivity index (χ0v) is 6.82. The predicted molar refractivity (Wildman–Crippen MR) is 42.6 cm³/mol. The highest BCUT2D eigenvalue weighted by atomic mass is 16.4. The molecule has 1 rings (SSSR count). The van der Waals surface area contributed by atoms with Crippen molar-refractivity contribution in [2.24, 2.45) is 11.7 Å². The molecule has 0 aromatic heterocycles. The van der Waals surface area contributed by atoms with Gasteiger partial charge in [-0.05, 0) is 18.8 Å². The van der Waals surface area contributed by atoms with E-state index >= 15 is 0 Å². The molecule has 4 heteroatoms. The Kier molecular flexibility index (Phi) is 2.81. The molecule has 0 radical (unpaired) electrons. The van der Waals surface area contributed by atoms with Crippen molar-refractivity contribution in [3.05, 3.63) is 0 Å². The lowest BCUT2D eigenvalue weighted by Crippen LogP contribution is -2.40. The highest BCUT2D eigenvalue weighted by Crippen LogP contribution is 2.23. The number of rotatable bonds is 2. The van der Waals surface area contributed by atoms with Crippen LogP contribution in [0, 0.1) is 5.92 Å². The number of Topliss-reactive ketones (excluding diaryl/α,β-unsaturated/α-hetero) is 1. The molecule has 0 aliphatic heterocycles. The van der Waals surface area contributed by atoms with Crippen LogP contribution in [-0.2, 0) is 9.59 Å². The largest absolute Gasteiger partial charge is 0.480 e. The number of ketones is 1. The van der Waals surface area contributed by atoms with Crippen molar-refractivity contribution >= 4 is 11.8 Å². The summed E-state index contributed by atoms with van der Waals surface area (Å²) in [6, 6.07) is -0.866. The Labute approximate surface area is 70.7 Å². The summed E-state index contributed by atoms with van der Waals surface area (Å²) in [4.78, 5) is 21.4. The lowest BCUT2D eigenvalue weighted by molar-refractivity contribution is -0.140. The summed E-state index contributed by atoms with van der Waals surface area (Å²) in [6.45, 7) is 0. The number of carbonyl (C=O) groups is 2. The summed E-state index contributed by atoms with van der Waals surface area (Å²) >= 11 is 0. The standard InChI is InChI=1S/C8H13NO3/c9-7(8(11)12)5-2-1-3-6(10)4-5/h5,7H,1-4,9H2,(H,11,12). The molecule has 68 valence electrons.